The molecule has 0 bridgehead atoms. The molecule has 0 N–H and O–H groups in total. The Balaban J connectivity index is 1.93. The second-order valence-corrected chi connectivity index (χ2v) is 3.91. The third kappa shape index (κ3) is 2.16. The zero-order valence-electron chi connectivity index (χ0n) is 8.98. The minimum atomic E-state index is 0.441. The van der Waals surface area contributed by atoms with Crippen molar-refractivity contribution >= 4 is 0 Å². The predicted octanol–water partition coefficient (Wildman–Crippen LogP) is 0.554. The highest BCUT2D eigenvalue weighted by atomic mass is 15.4. The quantitative estimate of drug-likeness (QED) is 0.723. The van der Waals surface area contributed by atoms with Crippen molar-refractivity contribution in [3.05, 3.63) is 11.4 Å². The summed E-state index contributed by atoms with van der Waals surface area (Å²) in [4.78, 5) is 2.42. The summed E-state index contributed by atoms with van der Waals surface area (Å²) in [7, 11) is 0. The van der Waals surface area contributed by atoms with Gasteiger partial charge in [-0.25, -0.2) is 4.68 Å². The molecule has 0 atom stereocenters. The molecule has 2 rings (SSSR count). The standard InChI is InChI=1S/C10H15N5/c1-9-10(8-11)12-13-15(9)7-6-14-4-2-3-5-14/h2-7H2,1H3. The average Bonchev–Trinajstić information content (AvgIpc) is 2.85. The first-order chi connectivity index (χ1) is 7.31. The second kappa shape index (κ2) is 4.41. The molecule has 15 heavy (non-hydrogen) atoms. The Morgan fingerprint density at radius 2 is 2.07 bits per heavy atom. The molecule has 0 unspecified atom stereocenters. The Kier molecular flexibility index (Phi) is 2.97. The molecule has 0 aliphatic carbocycles. The van der Waals surface area contributed by atoms with Crippen molar-refractivity contribution in [1.82, 2.24) is 19.9 Å². The van der Waals surface area contributed by atoms with Crippen LogP contribution in [0, 0.1) is 18.3 Å². The first-order valence-electron chi connectivity index (χ1n) is 5.34. The van der Waals surface area contributed by atoms with Crippen molar-refractivity contribution in [3.8, 4) is 6.07 Å². The van der Waals surface area contributed by atoms with E-state index < -0.39 is 0 Å². The molecule has 0 radical (unpaired) electrons. The van der Waals surface area contributed by atoms with E-state index in [1.165, 1.54) is 25.9 Å². The van der Waals surface area contributed by atoms with Crippen LogP contribution in [0.25, 0.3) is 0 Å². The fourth-order valence-electron chi connectivity index (χ4n) is 1.92. The third-order valence-electron chi connectivity index (χ3n) is 2.92. The first-order valence-corrected chi connectivity index (χ1v) is 5.34. The number of nitriles is 1. The van der Waals surface area contributed by atoms with Gasteiger partial charge in [0.15, 0.2) is 5.69 Å². The summed E-state index contributed by atoms with van der Waals surface area (Å²) in [6.07, 6.45) is 2.61. The highest BCUT2D eigenvalue weighted by molar-refractivity contribution is 5.22. The molecule has 0 amide bonds. The lowest BCUT2D eigenvalue weighted by atomic mass is 10.3. The van der Waals surface area contributed by atoms with Crippen LogP contribution in [0.15, 0.2) is 0 Å². The molecule has 1 aliphatic heterocycles. The highest BCUT2D eigenvalue weighted by Gasteiger charge is 2.13. The van der Waals surface area contributed by atoms with Gasteiger partial charge in [-0.2, -0.15) is 5.26 Å². The van der Waals surface area contributed by atoms with Crippen LogP contribution in [0.3, 0.4) is 0 Å². The summed E-state index contributed by atoms with van der Waals surface area (Å²) in [5.74, 6) is 0. The Morgan fingerprint density at radius 3 is 2.67 bits per heavy atom. The largest absolute Gasteiger partial charge is 0.301 e. The number of nitrogens with zero attached hydrogens (tertiary/aromatic N) is 5. The van der Waals surface area contributed by atoms with E-state index in [9.17, 15) is 0 Å². The summed E-state index contributed by atoms with van der Waals surface area (Å²) in [5.41, 5.74) is 1.31. The first kappa shape index (κ1) is 10.1. The Labute approximate surface area is 89.3 Å². The summed E-state index contributed by atoms with van der Waals surface area (Å²) in [6, 6.07) is 2.04. The van der Waals surface area contributed by atoms with Gasteiger partial charge in [-0.3, -0.25) is 0 Å². The molecule has 1 fully saturated rings. The maximum absolute atomic E-state index is 8.74. The molecule has 0 aromatic carbocycles. The van der Waals surface area contributed by atoms with Gasteiger partial charge in [-0.15, -0.1) is 5.10 Å². The maximum Gasteiger partial charge on any atom is 0.185 e. The number of aromatic nitrogens is 3. The van der Waals surface area contributed by atoms with Gasteiger partial charge in [0.25, 0.3) is 0 Å². The van der Waals surface area contributed by atoms with Crippen LogP contribution in [-0.4, -0.2) is 39.5 Å². The lowest BCUT2D eigenvalue weighted by Crippen LogP contribution is -2.24. The summed E-state index contributed by atoms with van der Waals surface area (Å²) < 4.78 is 1.82. The lowest BCUT2D eigenvalue weighted by molar-refractivity contribution is 0.312. The van der Waals surface area contributed by atoms with Crippen LogP contribution in [0.2, 0.25) is 0 Å². The van der Waals surface area contributed by atoms with Gasteiger partial charge < -0.3 is 4.90 Å². The van der Waals surface area contributed by atoms with E-state index in [1.807, 2.05) is 17.7 Å². The minimum Gasteiger partial charge on any atom is -0.301 e. The Hall–Kier alpha value is -1.41. The van der Waals surface area contributed by atoms with E-state index in [-0.39, 0.29) is 0 Å². The molecule has 5 nitrogen and oxygen atoms in total. The lowest BCUT2D eigenvalue weighted by Gasteiger charge is -2.14. The molecule has 0 saturated carbocycles. The van der Waals surface area contributed by atoms with Crippen molar-refractivity contribution in [1.29, 1.82) is 5.26 Å². The second-order valence-electron chi connectivity index (χ2n) is 3.91. The van der Waals surface area contributed by atoms with E-state index in [1.54, 1.807) is 0 Å². The zero-order chi connectivity index (χ0) is 10.7. The van der Waals surface area contributed by atoms with Gasteiger partial charge in [0.2, 0.25) is 0 Å². The minimum absolute atomic E-state index is 0.441. The fraction of sp³-hybridized carbons (Fsp3) is 0.700. The Morgan fingerprint density at radius 1 is 1.33 bits per heavy atom. The molecular formula is C10H15N5. The SMILES string of the molecule is Cc1c(C#N)nnn1CCN1CCCC1. The molecular weight excluding hydrogens is 190 g/mol. The normalized spacial score (nSPS) is 16.8. The monoisotopic (exact) mass is 205 g/mol. The predicted molar refractivity (Wildman–Crippen MR) is 55.1 cm³/mol. The van der Waals surface area contributed by atoms with Gasteiger partial charge >= 0.3 is 0 Å². The van der Waals surface area contributed by atoms with Crippen molar-refractivity contribution < 1.29 is 0 Å². The maximum atomic E-state index is 8.74. The molecule has 2 heterocycles. The number of hydrogen-bond acceptors (Lipinski definition) is 4. The highest BCUT2D eigenvalue weighted by Crippen LogP contribution is 2.08. The smallest absolute Gasteiger partial charge is 0.185 e. The van der Waals surface area contributed by atoms with Crippen molar-refractivity contribution in [2.24, 2.45) is 0 Å². The molecule has 1 aromatic heterocycles. The van der Waals surface area contributed by atoms with E-state index in [4.69, 9.17) is 5.26 Å². The summed E-state index contributed by atoms with van der Waals surface area (Å²) >= 11 is 0. The number of likely N-dealkylation sites (tertiary alicyclic amines) is 1. The summed E-state index contributed by atoms with van der Waals surface area (Å²) in [5, 5.41) is 16.5. The van der Waals surface area contributed by atoms with E-state index >= 15 is 0 Å². The number of hydrogen-bond donors (Lipinski definition) is 0. The topological polar surface area (TPSA) is 57.7 Å². The van der Waals surface area contributed by atoms with Crippen molar-refractivity contribution in [2.75, 3.05) is 19.6 Å². The van der Waals surface area contributed by atoms with Gasteiger partial charge in [0.05, 0.1) is 12.2 Å². The van der Waals surface area contributed by atoms with Gasteiger partial charge in [0, 0.05) is 6.54 Å². The third-order valence-corrected chi connectivity index (χ3v) is 2.92. The van der Waals surface area contributed by atoms with Gasteiger partial charge in [-0.1, -0.05) is 5.21 Å². The summed E-state index contributed by atoms with van der Waals surface area (Å²) in [6.45, 7) is 6.12. The van der Waals surface area contributed by atoms with Crippen LogP contribution in [0.4, 0.5) is 0 Å². The van der Waals surface area contributed by atoms with Crippen LogP contribution < -0.4 is 0 Å². The molecule has 80 valence electrons. The van der Waals surface area contributed by atoms with Gasteiger partial charge in [0.1, 0.15) is 6.07 Å². The van der Waals surface area contributed by atoms with Crippen LogP contribution >= 0.6 is 0 Å². The Bertz CT molecular complexity index is 370. The van der Waals surface area contributed by atoms with Crippen LogP contribution in [-0.2, 0) is 6.54 Å². The molecule has 5 heteroatoms. The van der Waals surface area contributed by atoms with Crippen LogP contribution in [0.5, 0.6) is 0 Å². The van der Waals surface area contributed by atoms with Crippen LogP contribution in [0.1, 0.15) is 24.2 Å². The van der Waals surface area contributed by atoms with E-state index in [0.717, 1.165) is 18.8 Å². The average molecular weight is 205 g/mol. The molecule has 1 aromatic rings. The van der Waals surface area contributed by atoms with E-state index in [2.05, 4.69) is 15.2 Å². The molecule has 1 aliphatic rings. The van der Waals surface area contributed by atoms with Crippen molar-refractivity contribution in [3.63, 3.8) is 0 Å². The van der Waals surface area contributed by atoms with Crippen molar-refractivity contribution in [2.45, 2.75) is 26.3 Å². The zero-order valence-corrected chi connectivity index (χ0v) is 8.98. The van der Waals surface area contributed by atoms with Gasteiger partial charge in [-0.05, 0) is 32.9 Å². The molecule has 1 saturated heterocycles. The van der Waals surface area contributed by atoms with E-state index in [0.29, 0.717) is 5.69 Å². The number of rotatable bonds is 3. The molecule has 0 spiro atoms. The fourth-order valence-corrected chi connectivity index (χ4v) is 1.92.